The SMILES string of the molecule is Cc1ccc([N+](=O)[O-])cc1NC(=O)CSc1ncc[nH]1. The molecule has 0 aliphatic rings. The van der Waals surface area contributed by atoms with Gasteiger partial charge >= 0.3 is 0 Å². The first-order chi connectivity index (χ1) is 9.56. The molecule has 0 spiro atoms. The fourth-order valence-corrected chi connectivity index (χ4v) is 2.13. The molecule has 0 atom stereocenters. The predicted molar refractivity (Wildman–Crippen MR) is 75.8 cm³/mol. The number of carbonyl (C=O) groups is 1. The van der Waals surface area contributed by atoms with Crippen molar-refractivity contribution < 1.29 is 9.72 Å². The van der Waals surface area contributed by atoms with Gasteiger partial charge < -0.3 is 10.3 Å². The van der Waals surface area contributed by atoms with E-state index in [9.17, 15) is 14.9 Å². The Kier molecular flexibility index (Phi) is 4.36. The van der Waals surface area contributed by atoms with Gasteiger partial charge in [-0.25, -0.2) is 4.98 Å². The molecule has 104 valence electrons. The molecule has 1 aromatic heterocycles. The van der Waals surface area contributed by atoms with Gasteiger partial charge in [0.2, 0.25) is 5.91 Å². The largest absolute Gasteiger partial charge is 0.340 e. The van der Waals surface area contributed by atoms with Crippen molar-refractivity contribution in [3.05, 3.63) is 46.3 Å². The van der Waals surface area contributed by atoms with Gasteiger partial charge in [-0.15, -0.1) is 0 Å². The van der Waals surface area contributed by atoms with Crippen LogP contribution < -0.4 is 5.32 Å². The van der Waals surface area contributed by atoms with E-state index in [1.807, 2.05) is 0 Å². The zero-order chi connectivity index (χ0) is 14.5. The lowest BCUT2D eigenvalue weighted by molar-refractivity contribution is -0.384. The summed E-state index contributed by atoms with van der Waals surface area (Å²) < 4.78 is 0. The lowest BCUT2D eigenvalue weighted by atomic mass is 10.2. The number of rotatable bonds is 5. The van der Waals surface area contributed by atoms with Crippen LogP contribution in [0, 0.1) is 17.0 Å². The lowest BCUT2D eigenvalue weighted by Crippen LogP contribution is -2.15. The van der Waals surface area contributed by atoms with Crippen molar-refractivity contribution in [3.63, 3.8) is 0 Å². The Bertz CT molecular complexity index is 628. The van der Waals surface area contributed by atoms with Crippen LogP contribution >= 0.6 is 11.8 Å². The van der Waals surface area contributed by atoms with Crippen LogP contribution in [0.2, 0.25) is 0 Å². The van der Waals surface area contributed by atoms with Crippen molar-refractivity contribution in [3.8, 4) is 0 Å². The van der Waals surface area contributed by atoms with Gasteiger partial charge in [-0.05, 0) is 12.5 Å². The number of nitrogens with one attached hydrogen (secondary N) is 2. The summed E-state index contributed by atoms with van der Waals surface area (Å²) in [6.45, 7) is 1.78. The van der Waals surface area contributed by atoms with Crippen molar-refractivity contribution in [1.29, 1.82) is 0 Å². The van der Waals surface area contributed by atoms with Crippen LogP contribution in [0.25, 0.3) is 0 Å². The van der Waals surface area contributed by atoms with Crippen LogP contribution in [-0.4, -0.2) is 26.6 Å². The second-order valence-corrected chi connectivity index (χ2v) is 4.95. The van der Waals surface area contributed by atoms with E-state index in [2.05, 4.69) is 15.3 Å². The molecule has 0 radical (unpaired) electrons. The molecular formula is C12H12N4O3S. The highest BCUT2D eigenvalue weighted by Gasteiger charge is 2.11. The quantitative estimate of drug-likeness (QED) is 0.500. The first-order valence-corrected chi connectivity index (χ1v) is 6.72. The number of hydrogen-bond donors (Lipinski definition) is 2. The molecule has 0 bridgehead atoms. The smallest absolute Gasteiger partial charge is 0.271 e. The second kappa shape index (κ2) is 6.20. The van der Waals surface area contributed by atoms with Gasteiger partial charge in [-0.3, -0.25) is 14.9 Å². The number of nitrogens with zero attached hydrogens (tertiary/aromatic N) is 2. The zero-order valence-corrected chi connectivity index (χ0v) is 11.4. The number of nitro benzene ring substituents is 1. The number of benzene rings is 1. The molecule has 8 heteroatoms. The van der Waals surface area contributed by atoms with Gasteiger partial charge in [0.1, 0.15) is 0 Å². The second-order valence-electron chi connectivity index (χ2n) is 3.99. The van der Waals surface area contributed by atoms with Crippen molar-refractivity contribution in [2.24, 2.45) is 0 Å². The third-order valence-electron chi connectivity index (χ3n) is 2.52. The van der Waals surface area contributed by atoms with Gasteiger partial charge in [-0.2, -0.15) is 0 Å². The first kappa shape index (κ1) is 14.1. The van der Waals surface area contributed by atoms with E-state index in [1.54, 1.807) is 25.4 Å². The number of hydrogen-bond acceptors (Lipinski definition) is 5. The predicted octanol–water partition coefficient (Wildman–Crippen LogP) is 2.36. The molecule has 0 saturated carbocycles. The summed E-state index contributed by atoms with van der Waals surface area (Å²) in [5.74, 6) is -0.0645. The number of non-ortho nitro benzene ring substituents is 1. The maximum Gasteiger partial charge on any atom is 0.271 e. The first-order valence-electron chi connectivity index (χ1n) is 5.73. The Morgan fingerprint density at radius 3 is 3.00 bits per heavy atom. The summed E-state index contributed by atoms with van der Waals surface area (Å²) in [5, 5.41) is 14.0. The van der Waals surface area contributed by atoms with Crippen LogP contribution in [0.1, 0.15) is 5.56 Å². The van der Waals surface area contributed by atoms with E-state index < -0.39 is 4.92 Å². The highest BCUT2D eigenvalue weighted by atomic mass is 32.2. The van der Waals surface area contributed by atoms with Gasteiger partial charge in [0, 0.05) is 24.5 Å². The molecule has 0 unspecified atom stereocenters. The van der Waals surface area contributed by atoms with E-state index >= 15 is 0 Å². The molecule has 7 nitrogen and oxygen atoms in total. The lowest BCUT2D eigenvalue weighted by Gasteiger charge is -2.07. The minimum Gasteiger partial charge on any atom is -0.340 e. The number of anilines is 1. The Morgan fingerprint density at radius 1 is 1.55 bits per heavy atom. The molecular weight excluding hydrogens is 280 g/mol. The minimum absolute atomic E-state index is 0.0513. The summed E-state index contributed by atoms with van der Waals surface area (Å²) in [5.41, 5.74) is 1.17. The molecule has 1 aromatic carbocycles. The number of amides is 1. The Morgan fingerprint density at radius 2 is 2.35 bits per heavy atom. The number of aryl methyl sites for hydroxylation is 1. The third-order valence-corrected chi connectivity index (χ3v) is 3.42. The highest BCUT2D eigenvalue weighted by Crippen LogP contribution is 2.22. The van der Waals surface area contributed by atoms with Crippen molar-refractivity contribution >= 4 is 29.0 Å². The molecule has 0 fully saturated rings. The molecule has 0 aliphatic heterocycles. The maximum atomic E-state index is 11.8. The van der Waals surface area contributed by atoms with E-state index in [4.69, 9.17) is 0 Å². The Balaban J connectivity index is 2.00. The number of nitro groups is 1. The minimum atomic E-state index is -0.493. The molecule has 20 heavy (non-hydrogen) atoms. The van der Waals surface area contributed by atoms with Crippen LogP contribution in [-0.2, 0) is 4.79 Å². The van der Waals surface area contributed by atoms with Crippen LogP contribution in [0.4, 0.5) is 11.4 Å². The summed E-state index contributed by atoms with van der Waals surface area (Å²) in [7, 11) is 0. The number of imidazole rings is 1. The topological polar surface area (TPSA) is 101 Å². The van der Waals surface area contributed by atoms with Crippen LogP contribution in [0.15, 0.2) is 35.7 Å². The molecule has 0 aliphatic carbocycles. The fourth-order valence-electron chi connectivity index (χ4n) is 1.51. The third kappa shape index (κ3) is 3.58. The van der Waals surface area contributed by atoms with Gasteiger partial charge in [0.05, 0.1) is 16.4 Å². The number of aromatic nitrogens is 2. The molecule has 2 aromatic rings. The van der Waals surface area contributed by atoms with E-state index in [1.165, 1.54) is 23.9 Å². The summed E-state index contributed by atoms with van der Waals surface area (Å²) in [6.07, 6.45) is 3.27. The fraction of sp³-hybridized carbons (Fsp3) is 0.167. The number of thioether (sulfide) groups is 1. The van der Waals surface area contributed by atoms with Crippen molar-refractivity contribution in [2.45, 2.75) is 12.1 Å². The monoisotopic (exact) mass is 292 g/mol. The number of H-pyrrole nitrogens is 1. The Labute approximate surface area is 118 Å². The van der Waals surface area contributed by atoms with Gasteiger partial charge in [-0.1, -0.05) is 17.8 Å². The molecule has 2 rings (SSSR count). The molecule has 1 heterocycles. The van der Waals surface area contributed by atoms with Crippen LogP contribution in [0.5, 0.6) is 0 Å². The average Bonchev–Trinajstić information content (AvgIpc) is 2.92. The van der Waals surface area contributed by atoms with Gasteiger partial charge in [0.15, 0.2) is 5.16 Å². The summed E-state index contributed by atoms with van der Waals surface area (Å²) >= 11 is 1.26. The summed E-state index contributed by atoms with van der Waals surface area (Å²) in [6, 6.07) is 4.36. The van der Waals surface area contributed by atoms with Crippen molar-refractivity contribution in [2.75, 3.05) is 11.1 Å². The number of aromatic amines is 1. The van der Waals surface area contributed by atoms with E-state index in [-0.39, 0.29) is 17.3 Å². The Hall–Kier alpha value is -2.35. The maximum absolute atomic E-state index is 11.8. The average molecular weight is 292 g/mol. The highest BCUT2D eigenvalue weighted by molar-refractivity contribution is 7.99. The van der Waals surface area contributed by atoms with Crippen LogP contribution in [0.3, 0.4) is 0 Å². The molecule has 0 saturated heterocycles. The number of carbonyl (C=O) groups excluding carboxylic acids is 1. The standard InChI is InChI=1S/C12H12N4O3S/c1-8-2-3-9(16(18)19)6-10(8)15-11(17)7-20-12-13-4-5-14-12/h2-6H,7H2,1H3,(H,13,14)(H,15,17). The van der Waals surface area contributed by atoms with Crippen molar-refractivity contribution in [1.82, 2.24) is 9.97 Å². The van der Waals surface area contributed by atoms with E-state index in [0.29, 0.717) is 10.8 Å². The van der Waals surface area contributed by atoms with E-state index in [0.717, 1.165) is 5.56 Å². The molecule has 1 amide bonds. The molecule has 2 N–H and O–H groups in total. The normalized spacial score (nSPS) is 10.2. The summed E-state index contributed by atoms with van der Waals surface area (Å²) in [4.78, 5) is 28.9. The van der Waals surface area contributed by atoms with Gasteiger partial charge in [0.25, 0.3) is 5.69 Å². The zero-order valence-electron chi connectivity index (χ0n) is 10.6.